The van der Waals surface area contributed by atoms with E-state index in [4.69, 9.17) is 10.2 Å². The molecule has 1 fully saturated rings. The lowest BCUT2D eigenvalue weighted by Gasteiger charge is -2.21. The Hall–Kier alpha value is -2.31. The first-order valence-electron chi connectivity index (χ1n) is 6.19. The van der Waals surface area contributed by atoms with Crippen molar-refractivity contribution in [1.82, 2.24) is 19.7 Å². The highest BCUT2D eigenvalue weighted by molar-refractivity contribution is 5.76. The summed E-state index contributed by atoms with van der Waals surface area (Å²) in [5, 5.41) is 3.92. The Balaban J connectivity index is 1.67. The third-order valence-corrected chi connectivity index (χ3v) is 3.07. The van der Waals surface area contributed by atoms with Gasteiger partial charge in [0.25, 0.3) is 0 Å². The number of hydrogen-bond donors (Lipinski definition) is 1. The van der Waals surface area contributed by atoms with Crippen molar-refractivity contribution in [2.75, 3.05) is 5.73 Å². The van der Waals surface area contributed by atoms with Gasteiger partial charge in [-0.25, -0.2) is 9.67 Å². The van der Waals surface area contributed by atoms with Gasteiger partial charge in [-0.3, -0.25) is 4.79 Å². The number of rotatable bonds is 5. The van der Waals surface area contributed by atoms with Gasteiger partial charge in [-0.1, -0.05) is 0 Å². The van der Waals surface area contributed by atoms with Gasteiger partial charge in [0.05, 0.1) is 12.8 Å². The zero-order valence-corrected chi connectivity index (χ0v) is 10.4. The number of hydrogen-bond acceptors (Lipinski definition) is 5. The summed E-state index contributed by atoms with van der Waals surface area (Å²) in [5.41, 5.74) is 5.43. The number of carbonyl (C=O) groups excluding carboxylic acids is 1. The fourth-order valence-corrected chi connectivity index (χ4v) is 1.99. The molecular weight excluding hydrogens is 246 g/mol. The van der Waals surface area contributed by atoms with Crippen LogP contribution < -0.4 is 5.73 Å². The molecule has 0 saturated heterocycles. The molecule has 7 nitrogen and oxygen atoms in total. The molecule has 1 aliphatic rings. The maximum Gasteiger partial charge on any atom is 0.245 e. The summed E-state index contributed by atoms with van der Waals surface area (Å²) in [6, 6.07) is 4.01. The van der Waals surface area contributed by atoms with Crippen LogP contribution in [-0.2, 0) is 17.9 Å². The highest BCUT2D eigenvalue weighted by Crippen LogP contribution is 2.28. The summed E-state index contributed by atoms with van der Waals surface area (Å²) in [4.78, 5) is 17.9. The van der Waals surface area contributed by atoms with Crippen LogP contribution in [-0.4, -0.2) is 31.6 Å². The molecule has 0 unspecified atom stereocenters. The molecular formula is C12H15N5O2. The van der Waals surface area contributed by atoms with Crippen molar-refractivity contribution in [3.63, 3.8) is 0 Å². The fourth-order valence-electron chi connectivity index (χ4n) is 1.99. The van der Waals surface area contributed by atoms with Gasteiger partial charge in [0.15, 0.2) is 0 Å². The molecule has 0 bridgehead atoms. The zero-order chi connectivity index (χ0) is 13.2. The summed E-state index contributed by atoms with van der Waals surface area (Å²) in [6.45, 7) is 0.655. The van der Waals surface area contributed by atoms with E-state index in [1.165, 1.54) is 11.0 Å². The Bertz CT molecular complexity index is 558. The van der Waals surface area contributed by atoms with Gasteiger partial charge in [-0.15, -0.1) is 5.10 Å². The van der Waals surface area contributed by atoms with E-state index < -0.39 is 0 Å². The van der Waals surface area contributed by atoms with Gasteiger partial charge in [-0.05, 0) is 25.0 Å². The molecule has 3 rings (SSSR count). The topological polar surface area (TPSA) is 90.2 Å². The van der Waals surface area contributed by atoms with Crippen LogP contribution in [0.25, 0.3) is 0 Å². The maximum atomic E-state index is 12.3. The smallest absolute Gasteiger partial charge is 0.245 e. The summed E-state index contributed by atoms with van der Waals surface area (Å²) >= 11 is 0. The Morgan fingerprint density at radius 2 is 2.42 bits per heavy atom. The van der Waals surface area contributed by atoms with E-state index in [9.17, 15) is 4.79 Å². The summed E-state index contributed by atoms with van der Waals surface area (Å²) in [6.07, 6.45) is 5.17. The molecule has 0 spiro atoms. The average Bonchev–Trinajstić information content (AvgIpc) is 2.93. The minimum atomic E-state index is 0.00352. The van der Waals surface area contributed by atoms with Crippen molar-refractivity contribution in [3.8, 4) is 0 Å². The highest BCUT2D eigenvalue weighted by atomic mass is 16.3. The fraction of sp³-hybridized carbons (Fsp3) is 0.417. The van der Waals surface area contributed by atoms with Crippen LogP contribution in [0.1, 0.15) is 18.6 Å². The van der Waals surface area contributed by atoms with E-state index in [-0.39, 0.29) is 18.4 Å². The number of anilines is 1. The van der Waals surface area contributed by atoms with Crippen molar-refractivity contribution in [2.24, 2.45) is 0 Å². The van der Waals surface area contributed by atoms with Gasteiger partial charge in [-0.2, -0.15) is 0 Å². The molecule has 1 saturated carbocycles. The Kier molecular flexibility index (Phi) is 2.94. The monoisotopic (exact) mass is 261 g/mol. The summed E-state index contributed by atoms with van der Waals surface area (Å²) in [7, 11) is 0. The molecule has 2 heterocycles. The van der Waals surface area contributed by atoms with Gasteiger partial charge < -0.3 is 15.1 Å². The largest absolute Gasteiger partial charge is 0.467 e. The normalized spacial score (nSPS) is 14.5. The van der Waals surface area contributed by atoms with Crippen LogP contribution in [0.4, 0.5) is 5.95 Å². The van der Waals surface area contributed by atoms with Crippen LogP contribution in [0.15, 0.2) is 29.1 Å². The molecule has 1 aliphatic carbocycles. The highest BCUT2D eigenvalue weighted by Gasteiger charge is 2.33. The number of nitrogens with zero attached hydrogens (tertiary/aromatic N) is 4. The van der Waals surface area contributed by atoms with Gasteiger partial charge >= 0.3 is 0 Å². The molecule has 0 radical (unpaired) electrons. The minimum Gasteiger partial charge on any atom is -0.467 e. The average molecular weight is 261 g/mol. The first kappa shape index (κ1) is 11.8. The number of nitrogen functional groups attached to an aromatic ring is 1. The number of nitrogens with two attached hydrogens (primary N) is 1. The van der Waals surface area contributed by atoms with Gasteiger partial charge in [0, 0.05) is 6.04 Å². The molecule has 0 atom stereocenters. The van der Waals surface area contributed by atoms with Crippen LogP contribution >= 0.6 is 0 Å². The van der Waals surface area contributed by atoms with Crippen LogP contribution in [0.2, 0.25) is 0 Å². The lowest BCUT2D eigenvalue weighted by atomic mass is 10.3. The second-order valence-corrected chi connectivity index (χ2v) is 4.63. The predicted octanol–water partition coefficient (Wildman–Crippen LogP) is 0.644. The van der Waals surface area contributed by atoms with Crippen molar-refractivity contribution in [2.45, 2.75) is 32.0 Å². The number of carbonyl (C=O) groups is 1. The molecule has 7 heteroatoms. The molecule has 2 N–H and O–H groups in total. The van der Waals surface area contributed by atoms with Crippen molar-refractivity contribution in [3.05, 3.63) is 30.5 Å². The van der Waals surface area contributed by atoms with Crippen LogP contribution in [0.5, 0.6) is 0 Å². The van der Waals surface area contributed by atoms with E-state index in [1.807, 2.05) is 17.0 Å². The molecule has 2 aromatic rings. The molecule has 2 aromatic heterocycles. The first-order valence-corrected chi connectivity index (χ1v) is 6.19. The second kappa shape index (κ2) is 4.75. The quantitative estimate of drug-likeness (QED) is 0.853. The van der Waals surface area contributed by atoms with Crippen molar-refractivity contribution < 1.29 is 9.21 Å². The third-order valence-electron chi connectivity index (χ3n) is 3.07. The predicted molar refractivity (Wildman–Crippen MR) is 66.7 cm³/mol. The summed E-state index contributed by atoms with van der Waals surface area (Å²) < 4.78 is 6.75. The van der Waals surface area contributed by atoms with E-state index in [2.05, 4.69) is 10.1 Å². The molecule has 19 heavy (non-hydrogen) atoms. The lowest BCUT2D eigenvalue weighted by Crippen LogP contribution is -2.35. The zero-order valence-electron chi connectivity index (χ0n) is 10.4. The van der Waals surface area contributed by atoms with E-state index in [0.717, 1.165) is 18.6 Å². The first-order chi connectivity index (χ1) is 9.22. The number of furan rings is 1. The third kappa shape index (κ3) is 2.75. The van der Waals surface area contributed by atoms with E-state index in [0.29, 0.717) is 12.6 Å². The lowest BCUT2D eigenvalue weighted by molar-refractivity contribution is -0.133. The SMILES string of the molecule is Nc1ncn(CC(=O)N(Cc2ccco2)C2CC2)n1. The van der Waals surface area contributed by atoms with Crippen LogP contribution in [0, 0.1) is 0 Å². The minimum absolute atomic E-state index is 0.00352. The number of amides is 1. The summed E-state index contributed by atoms with van der Waals surface area (Å²) in [5.74, 6) is 0.971. The van der Waals surface area contributed by atoms with E-state index in [1.54, 1.807) is 6.26 Å². The van der Waals surface area contributed by atoms with Gasteiger partial charge in [0.2, 0.25) is 11.9 Å². The Morgan fingerprint density at radius 1 is 1.58 bits per heavy atom. The van der Waals surface area contributed by atoms with Crippen molar-refractivity contribution >= 4 is 11.9 Å². The van der Waals surface area contributed by atoms with Crippen LogP contribution in [0.3, 0.4) is 0 Å². The Morgan fingerprint density at radius 3 is 3.00 bits per heavy atom. The molecule has 0 aliphatic heterocycles. The molecule has 1 amide bonds. The van der Waals surface area contributed by atoms with E-state index >= 15 is 0 Å². The maximum absolute atomic E-state index is 12.3. The Labute approximate surface area is 110 Å². The molecule has 100 valence electrons. The standard InChI is InChI=1S/C12H15N5O2/c13-12-14-8-16(15-12)7-11(18)17(9-3-4-9)6-10-2-1-5-19-10/h1-2,5,8-9H,3-4,6-7H2,(H2,13,15). The van der Waals surface area contributed by atoms with Crippen molar-refractivity contribution in [1.29, 1.82) is 0 Å². The number of aromatic nitrogens is 3. The second-order valence-electron chi connectivity index (χ2n) is 4.63. The molecule has 0 aromatic carbocycles. The van der Waals surface area contributed by atoms with Gasteiger partial charge in [0.1, 0.15) is 18.6 Å².